The Bertz CT molecular complexity index is 1290. The molecule has 7 nitrogen and oxygen atoms in total. The summed E-state index contributed by atoms with van der Waals surface area (Å²) in [5.74, 6) is 0.0632. The monoisotopic (exact) mass is 469 g/mol. The van der Waals surface area contributed by atoms with E-state index in [2.05, 4.69) is 16.0 Å². The van der Waals surface area contributed by atoms with Crippen molar-refractivity contribution in [3.8, 4) is 17.6 Å². The van der Waals surface area contributed by atoms with Crippen molar-refractivity contribution in [2.75, 3.05) is 26.7 Å². The lowest BCUT2D eigenvalue weighted by Crippen LogP contribution is -2.52. The lowest BCUT2D eigenvalue weighted by atomic mass is 9.70. The van der Waals surface area contributed by atoms with E-state index >= 15 is 0 Å². The molecule has 0 amide bonds. The van der Waals surface area contributed by atoms with Gasteiger partial charge in [-0.1, -0.05) is 42.5 Å². The molecule has 1 aliphatic carbocycles. The number of nitrogens with zero attached hydrogens (tertiary/aromatic N) is 3. The Morgan fingerprint density at radius 3 is 2.51 bits per heavy atom. The highest BCUT2D eigenvalue weighted by atomic mass is 16.5. The Balaban J connectivity index is 1.64. The van der Waals surface area contributed by atoms with Crippen molar-refractivity contribution in [1.29, 1.82) is 5.26 Å². The Morgan fingerprint density at radius 2 is 1.89 bits per heavy atom. The van der Waals surface area contributed by atoms with E-state index in [1.165, 1.54) is 7.11 Å². The van der Waals surface area contributed by atoms with Crippen LogP contribution in [0.5, 0.6) is 11.5 Å². The Hall–Kier alpha value is -3.44. The number of nitriles is 1. The summed E-state index contributed by atoms with van der Waals surface area (Å²) in [5, 5.41) is 34.1. The third-order valence-electron chi connectivity index (χ3n) is 8.03. The van der Waals surface area contributed by atoms with Gasteiger partial charge in [-0.05, 0) is 42.8 Å². The van der Waals surface area contributed by atoms with Gasteiger partial charge >= 0.3 is 0 Å². The van der Waals surface area contributed by atoms with Gasteiger partial charge in [-0.2, -0.15) is 5.26 Å². The van der Waals surface area contributed by atoms with Gasteiger partial charge in [-0.25, -0.2) is 0 Å². The van der Waals surface area contributed by atoms with Gasteiger partial charge < -0.3 is 24.6 Å². The minimum atomic E-state index is -1.80. The number of aromatic nitrogens is 1. The van der Waals surface area contributed by atoms with Gasteiger partial charge in [-0.3, -0.25) is 4.98 Å². The van der Waals surface area contributed by atoms with Crippen LogP contribution >= 0.6 is 0 Å². The van der Waals surface area contributed by atoms with Crippen LogP contribution in [0.1, 0.15) is 34.6 Å². The van der Waals surface area contributed by atoms with Crippen LogP contribution in [0, 0.1) is 17.2 Å². The molecule has 5 atom stereocenters. The normalized spacial score (nSPS) is 31.1. The fourth-order valence-corrected chi connectivity index (χ4v) is 6.39. The van der Waals surface area contributed by atoms with Crippen molar-refractivity contribution >= 4 is 0 Å². The van der Waals surface area contributed by atoms with Crippen LogP contribution in [0.3, 0.4) is 0 Å². The van der Waals surface area contributed by atoms with E-state index in [0.717, 1.165) is 25.1 Å². The number of benzene rings is 2. The molecule has 2 aliphatic heterocycles. The maximum atomic E-state index is 12.7. The lowest BCUT2D eigenvalue weighted by molar-refractivity contribution is -0.152. The van der Waals surface area contributed by atoms with Gasteiger partial charge in [0, 0.05) is 18.4 Å². The first-order valence-electron chi connectivity index (χ1n) is 11.9. The SMILES string of the molecule is COc1cncc2c1[C@]1(O)[C@H](O)[C@H](CN3CCC3)C(c3ccccc3)C1(c1ccc(C#N)cc1)O2. The summed E-state index contributed by atoms with van der Waals surface area (Å²) in [5.41, 5.74) is -0.570. The van der Waals surface area contributed by atoms with E-state index in [4.69, 9.17) is 9.47 Å². The summed E-state index contributed by atoms with van der Waals surface area (Å²) in [6, 6.07) is 19.2. The molecule has 1 aromatic heterocycles. The largest absolute Gasteiger partial charge is 0.495 e. The standard InChI is InChI=1S/C28H27N3O4/c1-34-22-15-30-16-23-25(22)27(33)26(32)21(17-31-12-5-13-31)24(19-6-3-2-4-7-19)28(27,35-23)20-10-8-18(14-29)9-11-20/h2-4,6-11,15-16,21,24,26,32-33H,5,12-13,17H2,1H3/t21-,24?,26-,27+,28?/m1/s1. The van der Waals surface area contributed by atoms with Gasteiger partial charge in [0.1, 0.15) is 11.5 Å². The van der Waals surface area contributed by atoms with Crippen LogP contribution in [-0.2, 0) is 11.2 Å². The highest BCUT2D eigenvalue weighted by molar-refractivity contribution is 5.59. The first kappa shape index (κ1) is 22.1. The van der Waals surface area contributed by atoms with Crippen LogP contribution in [0.25, 0.3) is 0 Å². The molecule has 2 aromatic carbocycles. The number of fused-ring (bicyclic) bond motifs is 3. The average Bonchev–Trinajstić information content (AvgIpc) is 3.25. The number of aliphatic hydroxyl groups is 2. The molecule has 0 spiro atoms. The van der Waals surface area contributed by atoms with Crippen molar-refractivity contribution in [1.82, 2.24) is 9.88 Å². The number of pyridine rings is 1. The molecule has 1 saturated carbocycles. The Labute approximate surface area is 204 Å². The van der Waals surface area contributed by atoms with Crippen LogP contribution in [-0.4, -0.2) is 52.9 Å². The highest BCUT2D eigenvalue weighted by Gasteiger charge is 2.76. The molecule has 6 rings (SSSR count). The summed E-state index contributed by atoms with van der Waals surface area (Å²) in [6.45, 7) is 2.57. The summed E-state index contributed by atoms with van der Waals surface area (Å²) >= 11 is 0. The number of hydrogen-bond acceptors (Lipinski definition) is 7. The molecule has 35 heavy (non-hydrogen) atoms. The summed E-state index contributed by atoms with van der Waals surface area (Å²) < 4.78 is 12.4. The van der Waals surface area contributed by atoms with Crippen LogP contribution in [0.2, 0.25) is 0 Å². The van der Waals surface area contributed by atoms with E-state index in [1.54, 1.807) is 24.5 Å². The molecular weight excluding hydrogens is 442 g/mol. The lowest BCUT2D eigenvalue weighted by Gasteiger charge is -2.41. The Morgan fingerprint density at radius 1 is 1.14 bits per heavy atom. The topological polar surface area (TPSA) is 98.8 Å². The first-order valence-corrected chi connectivity index (χ1v) is 11.9. The second-order valence-electron chi connectivity index (χ2n) is 9.66. The maximum absolute atomic E-state index is 12.7. The summed E-state index contributed by atoms with van der Waals surface area (Å²) in [4.78, 5) is 6.57. The second kappa shape index (κ2) is 8.06. The molecule has 1 saturated heterocycles. The number of methoxy groups -OCH3 is 1. The molecule has 3 aromatic rings. The summed E-state index contributed by atoms with van der Waals surface area (Å²) in [6.07, 6.45) is 3.10. The van der Waals surface area contributed by atoms with Gasteiger partial charge in [-0.15, -0.1) is 0 Å². The minimum absolute atomic E-state index is 0.315. The predicted molar refractivity (Wildman–Crippen MR) is 128 cm³/mol. The number of hydrogen-bond donors (Lipinski definition) is 2. The average molecular weight is 470 g/mol. The predicted octanol–water partition coefficient (Wildman–Crippen LogP) is 2.92. The minimum Gasteiger partial charge on any atom is -0.495 e. The number of aliphatic hydroxyl groups excluding tert-OH is 1. The van der Waals surface area contributed by atoms with Crippen LogP contribution in [0.15, 0.2) is 67.0 Å². The van der Waals surface area contributed by atoms with Crippen molar-refractivity contribution in [3.05, 3.63) is 89.2 Å². The zero-order valence-corrected chi connectivity index (χ0v) is 19.5. The Kier molecular flexibility index (Phi) is 5.08. The third kappa shape index (κ3) is 2.91. The summed E-state index contributed by atoms with van der Waals surface area (Å²) in [7, 11) is 1.52. The molecule has 0 bridgehead atoms. The van der Waals surface area contributed by atoms with Crippen LogP contribution in [0.4, 0.5) is 0 Å². The van der Waals surface area contributed by atoms with Crippen LogP contribution < -0.4 is 9.47 Å². The fourth-order valence-electron chi connectivity index (χ4n) is 6.39. The third-order valence-corrected chi connectivity index (χ3v) is 8.03. The van der Waals surface area contributed by atoms with Gasteiger partial charge in [0.05, 0.1) is 42.8 Å². The number of likely N-dealkylation sites (tertiary alicyclic amines) is 1. The molecule has 2 unspecified atom stereocenters. The second-order valence-corrected chi connectivity index (χ2v) is 9.66. The number of ether oxygens (including phenoxy) is 2. The van der Waals surface area contributed by atoms with E-state index in [-0.39, 0.29) is 11.8 Å². The molecule has 7 heteroatoms. The van der Waals surface area contributed by atoms with Crippen molar-refractivity contribution in [2.45, 2.75) is 29.6 Å². The van der Waals surface area contributed by atoms with E-state index in [9.17, 15) is 15.5 Å². The molecule has 3 heterocycles. The maximum Gasteiger partial charge on any atom is 0.177 e. The zero-order valence-electron chi connectivity index (χ0n) is 19.5. The van der Waals surface area contributed by atoms with Gasteiger partial charge in [0.2, 0.25) is 0 Å². The molecule has 0 radical (unpaired) electrons. The van der Waals surface area contributed by atoms with Crippen molar-refractivity contribution in [3.63, 3.8) is 0 Å². The van der Waals surface area contributed by atoms with E-state index < -0.39 is 17.3 Å². The fraction of sp³-hybridized carbons (Fsp3) is 0.357. The molecule has 178 valence electrons. The zero-order chi connectivity index (χ0) is 24.2. The van der Waals surface area contributed by atoms with E-state index in [1.807, 2.05) is 42.5 Å². The highest BCUT2D eigenvalue weighted by Crippen LogP contribution is 2.69. The van der Waals surface area contributed by atoms with Crippen molar-refractivity contribution < 1.29 is 19.7 Å². The molecule has 3 aliphatic rings. The van der Waals surface area contributed by atoms with Gasteiger partial charge in [0.25, 0.3) is 0 Å². The molecular formula is C28H27N3O4. The molecule has 2 N–H and O–H groups in total. The smallest absolute Gasteiger partial charge is 0.177 e. The molecule has 2 fully saturated rings. The van der Waals surface area contributed by atoms with Gasteiger partial charge in [0.15, 0.2) is 11.2 Å². The quantitative estimate of drug-likeness (QED) is 0.593. The first-order chi connectivity index (χ1) is 17.0. The van der Waals surface area contributed by atoms with Crippen molar-refractivity contribution in [2.24, 2.45) is 5.92 Å². The van der Waals surface area contributed by atoms with E-state index in [0.29, 0.717) is 34.7 Å². The number of rotatable bonds is 5.